The predicted molar refractivity (Wildman–Crippen MR) is 106 cm³/mol. The third kappa shape index (κ3) is 5.71. The van der Waals surface area contributed by atoms with E-state index in [2.05, 4.69) is 85.8 Å². The molecule has 4 aromatic carbocycles. The molecule has 0 nitrogen and oxygen atoms in total. The molecular formula is C26H19Y3-3. The van der Waals surface area contributed by atoms with Gasteiger partial charge in [0.05, 0.1) is 0 Å². The number of rotatable bonds is 4. The van der Waals surface area contributed by atoms with E-state index >= 15 is 0 Å². The molecular weight excluding hydrogens is 579 g/mol. The summed E-state index contributed by atoms with van der Waals surface area (Å²) in [5.74, 6) is 0. The molecule has 29 heavy (non-hydrogen) atoms. The molecule has 0 N–H and O–H groups in total. The van der Waals surface area contributed by atoms with Gasteiger partial charge in [-0.3, -0.25) is 0 Å². The molecule has 3 heteroatoms. The van der Waals surface area contributed by atoms with Gasteiger partial charge in [-0.2, -0.15) is 91.0 Å². The van der Waals surface area contributed by atoms with Gasteiger partial charge in [-0.05, 0) is 12.5 Å². The van der Waals surface area contributed by atoms with Gasteiger partial charge in [-0.25, -0.2) is 0 Å². The monoisotopic (exact) mass is 598 g/mol. The van der Waals surface area contributed by atoms with Gasteiger partial charge in [0.15, 0.2) is 0 Å². The molecule has 0 unspecified atom stereocenters. The summed E-state index contributed by atoms with van der Waals surface area (Å²) in [5, 5.41) is 0. The van der Waals surface area contributed by atoms with Crippen LogP contribution in [0, 0.1) is 25.1 Å². The summed E-state index contributed by atoms with van der Waals surface area (Å²) in [6, 6.07) is 43.2. The number of benzene rings is 4. The molecule has 0 atom stereocenters. The molecule has 0 heterocycles. The van der Waals surface area contributed by atoms with Gasteiger partial charge in [-0.15, -0.1) is 16.7 Å². The first-order valence-corrected chi connectivity index (χ1v) is 8.79. The van der Waals surface area contributed by atoms with Crippen LogP contribution in [-0.4, -0.2) is 0 Å². The van der Waals surface area contributed by atoms with Crippen LogP contribution in [0.1, 0.15) is 27.8 Å². The van der Waals surface area contributed by atoms with Crippen molar-refractivity contribution in [1.29, 1.82) is 0 Å². The largest absolute Gasteiger partial charge is 0.184 e. The second kappa shape index (κ2) is 12.9. The van der Waals surface area contributed by atoms with E-state index < -0.39 is 5.41 Å². The summed E-state index contributed by atoms with van der Waals surface area (Å²) >= 11 is 0. The Kier molecular flexibility index (Phi) is 12.1. The average Bonchev–Trinajstić information content (AvgIpc) is 2.72. The van der Waals surface area contributed by atoms with Gasteiger partial charge in [0.25, 0.3) is 0 Å². The van der Waals surface area contributed by atoms with Gasteiger partial charge >= 0.3 is 0 Å². The third-order valence-electron chi connectivity index (χ3n) is 4.94. The standard InChI is InChI=1S/C26H19.3Y/c1-21-17-19-25(20-18-21)26(22-11-5-2-6-12-22,23-13-7-3-8-14-23)24-15-9-4-10-16-24;;;/h5-20H,1H3;;;/q-3;;;. The fourth-order valence-electron chi connectivity index (χ4n) is 3.71. The summed E-state index contributed by atoms with van der Waals surface area (Å²) in [6.07, 6.45) is 0. The van der Waals surface area contributed by atoms with Crippen molar-refractivity contribution in [1.82, 2.24) is 0 Å². The molecule has 0 fully saturated rings. The molecule has 0 aliphatic heterocycles. The van der Waals surface area contributed by atoms with Crippen LogP contribution in [0.2, 0.25) is 0 Å². The van der Waals surface area contributed by atoms with Crippen molar-refractivity contribution in [3.05, 3.63) is 143 Å². The zero-order chi connectivity index (χ0) is 17.8. The fraction of sp³-hybridized carbons (Fsp3) is 0.0769. The van der Waals surface area contributed by atoms with Gasteiger partial charge in [-0.1, -0.05) is 29.8 Å². The van der Waals surface area contributed by atoms with Crippen molar-refractivity contribution in [2.24, 2.45) is 0 Å². The van der Waals surface area contributed by atoms with Gasteiger partial charge in [0.2, 0.25) is 0 Å². The van der Waals surface area contributed by atoms with Gasteiger partial charge in [0, 0.05) is 104 Å². The quantitative estimate of drug-likeness (QED) is 0.207. The van der Waals surface area contributed by atoms with Crippen LogP contribution in [-0.2, 0) is 104 Å². The fourth-order valence-corrected chi connectivity index (χ4v) is 3.71. The molecule has 0 amide bonds. The molecule has 0 aromatic heterocycles. The molecule has 0 aliphatic rings. The Morgan fingerprint density at radius 2 is 0.724 bits per heavy atom. The minimum atomic E-state index is -0.396. The van der Waals surface area contributed by atoms with E-state index in [-0.39, 0.29) is 98.1 Å². The van der Waals surface area contributed by atoms with E-state index in [0.29, 0.717) is 0 Å². The van der Waals surface area contributed by atoms with E-state index in [9.17, 15) is 0 Å². The van der Waals surface area contributed by atoms with Crippen molar-refractivity contribution >= 4 is 0 Å². The molecule has 0 spiro atoms. The van der Waals surface area contributed by atoms with E-state index in [0.717, 1.165) is 0 Å². The summed E-state index contributed by atoms with van der Waals surface area (Å²) in [4.78, 5) is 0. The molecule has 4 aromatic rings. The van der Waals surface area contributed by atoms with Crippen LogP contribution in [0.4, 0.5) is 0 Å². The Bertz CT molecular complexity index is 870. The first-order valence-electron chi connectivity index (χ1n) is 8.79. The van der Waals surface area contributed by atoms with Crippen LogP contribution >= 0.6 is 0 Å². The van der Waals surface area contributed by atoms with Crippen molar-refractivity contribution in [2.45, 2.75) is 12.3 Å². The third-order valence-corrected chi connectivity index (χ3v) is 4.94. The van der Waals surface area contributed by atoms with Crippen molar-refractivity contribution < 1.29 is 98.1 Å². The Hall–Kier alpha value is 0.192. The Labute approximate surface area is 249 Å². The summed E-state index contributed by atoms with van der Waals surface area (Å²) in [7, 11) is 0. The van der Waals surface area contributed by atoms with Gasteiger partial charge in [0.1, 0.15) is 0 Å². The van der Waals surface area contributed by atoms with Crippen molar-refractivity contribution in [3.8, 4) is 0 Å². The SMILES string of the molecule is Cc1ccc(C(c2cc[c-]cc2)(c2cc[c-]cc2)c2cc[c-]cc2)cc1.[Y].[Y].[Y]. The van der Waals surface area contributed by atoms with E-state index in [4.69, 9.17) is 0 Å². The minimum absolute atomic E-state index is 0. The topological polar surface area (TPSA) is 0 Å². The molecule has 3 radical (unpaired) electrons. The zero-order valence-corrected chi connectivity index (χ0v) is 25.0. The Morgan fingerprint density at radius 3 is 1.03 bits per heavy atom. The number of aryl methyl sites for hydroxylation is 1. The first-order chi connectivity index (χ1) is 12.8. The van der Waals surface area contributed by atoms with E-state index in [1.165, 1.54) is 27.8 Å². The number of hydrogen-bond donors (Lipinski definition) is 0. The van der Waals surface area contributed by atoms with Crippen LogP contribution in [0.25, 0.3) is 0 Å². The second-order valence-corrected chi connectivity index (χ2v) is 6.48. The second-order valence-electron chi connectivity index (χ2n) is 6.48. The van der Waals surface area contributed by atoms with Crippen molar-refractivity contribution in [3.63, 3.8) is 0 Å². The smallest absolute Gasteiger partial charge is 0.00401 e. The normalized spacial score (nSPS) is 10.1. The maximum atomic E-state index is 3.16. The van der Waals surface area contributed by atoms with Gasteiger partial charge < -0.3 is 0 Å². The maximum absolute atomic E-state index is 3.16. The maximum Gasteiger partial charge on any atom is 0.00401 e. The van der Waals surface area contributed by atoms with E-state index in [1.807, 2.05) is 36.4 Å². The molecule has 0 bridgehead atoms. The molecule has 4 rings (SSSR count). The summed E-state index contributed by atoms with van der Waals surface area (Å²) in [5.41, 5.74) is 5.76. The zero-order valence-electron chi connectivity index (χ0n) is 16.5. The van der Waals surface area contributed by atoms with Crippen LogP contribution in [0.15, 0.2) is 97.1 Å². The summed E-state index contributed by atoms with van der Waals surface area (Å²) in [6.45, 7) is 2.12. The predicted octanol–water partition coefficient (Wildman–Crippen LogP) is 5.77. The molecule has 0 saturated heterocycles. The van der Waals surface area contributed by atoms with E-state index in [1.54, 1.807) is 0 Å². The van der Waals surface area contributed by atoms with Crippen LogP contribution < -0.4 is 0 Å². The molecule has 0 saturated carbocycles. The molecule has 0 aliphatic carbocycles. The molecule has 135 valence electrons. The minimum Gasteiger partial charge on any atom is -0.184 e. The number of hydrogen-bond acceptors (Lipinski definition) is 0. The Balaban J connectivity index is 0.00000140. The summed E-state index contributed by atoms with van der Waals surface area (Å²) < 4.78 is 0. The average molecular weight is 598 g/mol. The van der Waals surface area contributed by atoms with Crippen LogP contribution in [0.3, 0.4) is 0 Å². The van der Waals surface area contributed by atoms with Crippen LogP contribution in [0.5, 0.6) is 0 Å². The first kappa shape index (κ1) is 27.2. The van der Waals surface area contributed by atoms with Crippen molar-refractivity contribution in [2.75, 3.05) is 0 Å². The Morgan fingerprint density at radius 1 is 0.448 bits per heavy atom.